The van der Waals surface area contributed by atoms with Crippen molar-refractivity contribution in [2.24, 2.45) is 0 Å². The van der Waals surface area contributed by atoms with Crippen LogP contribution >= 0.6 is 11.3 Å². The molecule has 7 rings (SSSR count). The average Bonchev–Trinajstić information content (AvgIpc) is 3.71. The number of ketones is 1. The highest BCUT2D eigenvalue weighted by atomic mass is 32.1. The van der Waals surface area contributed by atoms with Gasteiger partial charge in [0.25, 0.3) is 0 Å². The van der Waals surface area contributed by atoms with Crippen LogP contribution in [-0.2, 0) is 6.54 Å². The predicted octanol–water partition coefficient (Wildman–Crippen LogP) is 6.48. The molecule has 1 saturated heterocycles. The first-order valence-corrected chi connectivity index (χ1v) is 14.0. The number of aromatic amines is 2. The molecule has 0 radical (unpaired) electrons. The summed E-state index contributed by atoms with van der Waals surface area (Å²) in [6.45, 7) is 4.82. The van der Waals surface area contributed by atoms with Crippen LogP contribution in [0.4, 0.5) is 0 Å². The molecule has 6 aromatic rings. The van der Waals surface area contributed by atoms with Gasteiger partial charge in [-0.15, -0.1) is 11.3 Å². The van der Waals surface area contributed by atoms with Crippen LogP contribution < -0.4 is 0 Å². The van der Waals surface area contributed by atoms with Crippen LogP contribution in [0.5, 0.6) is 0 Å². The molecule has 9 heteroatoms. The Kier molecular flexibility index (Phi) is 6.02. The molecule has 1 fully saturated rings. The summed E-state index contributed by atoms with van der Waals surface area (Å²) in [6, 6.07) is 14.2. The van der Waals surface area contributed by atoms with Gasteiger partial charge in [0.2, 0.25) is 0 Å². The third-order valence-corrected chi connectivity index (χ3v) is 8.58. The lowest BCUT2D eigenvalue weighted by atomic mass is 10.1. The van der Waals surface area contributed by atoms with Crippen molar-refractivity contribution < 1.29 is 4.79 Å². The zero-order valence-corrected chi connectivity index (χ0v) is 22.4. The summed E-state index contributed by atoms with van der Waals surface area (Å²) in [4.78, 5) is 33.7. The number of pyridine rings is 3. The highest BCUT2D eigenvalue weighted by Gasteiger charge is 2.17. The lowest BCUT2D eigenvalue weighted by Gasteiger charge is -2.26. The molecule has 7 heterocycles. The van der Waals surface area contributed by atoms with Gasteiger partial charge in [-0.25, -0.2) is 9.97 Å². The first kappa shape index (κ1) is 23.9. The Morgan fingerprint density at radius 3 is 2.79 bits per heavy atom. The number of nitrogens with zero attached hydrogens (tertiary/aromatic N) is 5. The summed E-state index contributed by atoms with van der Waals surface area (Å²) in [5, 5.41) is 8.71. The van der Waals surface area contributed by atoms with Gasteiger partial charge in [0, 0.05) is 46.5 Å². The van der Waals surface area contributed by atoms with Gasteiger partial charge in [0.1, 0.15) is 16.9 Å². The lowest BCUT2D eigenvalue weighted by molar-refractivity contribution is 0.102. The monoisotopic (exact) mass is 533 g/mol. The van der Waals surface area contributed by atoms with E-state index >= 15 is 0 Å². The largest absolute Gasteiger partial charge is 0.338 e. The molecule has 6 aromatic heterocycles. The van der Waals surface area contributed by atoms with Crippen LogP contribution in [0.2, 0.25) is 0 Å². The highest BCUT2D eigenvalue weighted by molar-refractivity contribution is 7.17. The molecule has 0 aromatic carbocycles. The van der Waals surface area contributed by atoms with Gasteiger partial charge in [0.15, 0.2) is 5.78 Å². The fourth-order valence-corrected chi connectivity index (χ4v) is 6.32. The lowest BCUT2D eigenvalue weighted by Crippen LogP contribution is -2.29. The maximum atomic E-state index is 11.8. The molecule has 194 valence electrons. The van der Waals surface area contributed by atoms with Crippen molar-refractivity contribution in [3.8, 4) is 33.1 Å². The Morgan fingerprint density at radius 2 is 1.95 bits per heavy atom. The second-order valence-corrected chi connectivity index (χ2v) is 11.2. The number of rotatable bonds is 6. The first-order chi connectivity index (χ1) is 19.1. The number of likely N-dealkylation sites (tertiary alicyclic amines) is 1. The highest BCUT2D eigenvalue weighted by Crippen LogP contribution is 2.36. The van der Waals surface area contributed by atoms with E-state index in [0.717, 1.165) is 79.7 Å². The van der Waals surface area contributed by atoms with E-state index in [1.165, 1.54) is 36.2 Å². The normalized spacial score (nSPS) is 14.4. The fraction of sp³-hybridized carbons (Fsp3) is 0.233. The standard InChI is InChI=1S/C30H27N7OS/c1-18(38)26-7-8-27(39-26)21-9-10-32-30-22(21)14-25(34-30)29-28-24(35-36-29)6-5-23(33-28)20-13-19(15-31-16-20)17-37-11-3-2-4-12-37/h5-10,13-16H,2-4,11-12,17H2,1H3,(H,32,34)(H,35,36). The Morgan fingerprint density at radius 1 is 1.05 bits per heavy atom. The Hall–Kier alpha value is -4.21. The molecule has 8 nitrogen and oxygen atoms in total. The number of nitrogens with one attached hydrogen (secondary N) is 2. The molecule has 0 aliphatic carbocycles. The molecular weight excluding hydrogens is 506 g/mol. The quantitative estimate of drug-likeness (QED) is 0.238. The van der Waals surface area contributed by atoms with Crippen molar-refractivity contribution in [1.82, 2.24) is 35.0 Å². The summed E-state index contributed by atoms with van der Waals surface area (Å²) in [6.07, 6.45) is 9.49. The smallest absolute Gasteiger partial charge is 0.169 e. The number of carbonyl (C=O) groups is 1. The topological polar surface area (TPSA) is 103 Å². The van der Waals surface area contributed by atoms with E-state index in [4.69, 9.17) is 4.98 Å². The molecule has 2 N–H and O–H groups in total. The SMILES string of the molecule is CC(=O)c1ccc(-c2ccnc3[nH]c(-c4n[nH]c5ccc(-c6cncc(CN7CCCCC7)c6)nc45)cc23)s1. The minimum atomic E-state index is 0.0726. The molecule has 39 heavy (non-hydrogen) atoms. The number of carbonyl (C=O) groups excluding carboxylic acids is 1. The van der Waals surface area contributed by atoms with Gasteiger partial charge in [-0.05, 0) is 80.9 Å². The van der Waals surface area contributed by atoms with Crippen molar-refractivity contribution in [2.75, 3.05) is 13.1 Å². The van der Waals surface area contributed by atoms with E-state index in [9.17, 15) is 4.79 Å². The van der Waals surface area contributed by atoms with Crippen LogP contribution in [0, 0.1) is 0 Å². The van der Waals surface area contributed by atoms with Crippen molar-refractivity contribution in [3.63, 3.8) is 0 Å². The van der Waals surface area contributed by atoms with E-state index in [2.05, 4.69) is 42.2 Å². The summed E-state index contributed by atoms with van der Waals surface area (Å²) >= 11 is 1.50. The van der Waals surface area contributed by atoms with Gasteiger partial charge in [-0.2, -0.15) is 5.10 Å². The minimum Gasteiger partial charge on any atom is -0.338 e. The number of hydrogen-bond donors (Lipinski definition) is 2. The van der Waals surface area contributed by atoms with Crippen molar-refractivity contribution in [1.29, 1.82) is 0 Å². The van der Waals surface area contributed by atoms with Crippen LogP contribution in [0.25, 0.3) is 55.2 Å². The molecule has 0 saturated carbocycles. The first-order valence-electron chi connectivity index (χ1n) is 13.2. The zero-order valence-electron chi connectivity index (χ0n) is 21.6. The van der Waals surface area contributed by atoms with Crippen LogP contribution in [0.1, 0.15) is 41.4 Å². The summed E-state index contributed by atoms with van der Waals surface area (Å²) < 4.78 is 0. The van der Waals surface area contributed by atoms with Crippen LogP contribution in [-0.4, -0.2) is 53.9 Å². The number of Topliss-reactive ketones (excluding diaryl/α,β-unsaturated/α-hetero) is 1. The average molecular weight is 534 g/mol. The third kappa shape index (κ3) is 4.53. The second kappa shape index (κ2) is 9.83. The van der Waals surface area contributed by atoms with Crippen LogP contribution in [0.3, 0.4) is 0 Å². The van der Waals surface area contributed by atoms with E-state index in [1.807, 2.05) is 42.7 Å². The molecule has 0 spiro atoms. The summed E-state index contributed by atoms with van der Waals surface area (Å²) in [5.74, 6) is 0.0726. The molecule has 0 amide bonds. The number of aromatic nitrogens is 6. The van der Waals surface area contributed by atoms with E-state index in [-0.39, 0.29) is 5.78 Å². The minimum absolute atomic E-state index is 0.0726. The predicted molar refractivity (Wildman–Crippen MR) is 155 cm³/mol. The molecule has 1 aliphatic rings. The molecule has 0 unspecified atom stereocenters. The van der Waals surface area contributed by atoms with Gasteiger partial charge >= 0.3 is 0 Å². The number of thiophene rings is 1. The third-order valence-electron chi connectivity index (χ3n) is 7.36. The van der Waals surface area contributed by atoms with E-state index in [0.29, 0.717) is 0 Å². The molecule has 0 bridgehead atoms. The molecule has 0 atom stereocenters. The number of piperidine rings is 1. The maximum absolute atomic E-state index is 11.8. The van der Waals surface area contributed by atoms with Gasteiger partial charge in [0.05, 0.1) is 21.8 Å². The maximum Gasteiger partial charge on any atom is 0.169 e. The number of H-pyrrole nitrogens is 2. The van der Waals surface area contributed by atoms with Crippen LogP contribution in [0.15, 0.2) is 61.1 Å². The van der Waals surface area contributed by atoms with Crippen molar-refractivity contribution in [3.05, 3.63) is 71.5 Å². The molecule has 1 aliphatic heterocycles. The van der Waals surface area contributed by atoms with Gasteiger partial charge in [-0.1, -0.05) is 6.42 Å². The van der Waals surface area contributed by atoms with Crippen molar-refractivity contribution >= 4 is 39.2 Å². The number of hydrogen-bond acceptors (Lipinski definition) is 7. The van der Waals surface area contributed by atoms with Gasteiger partial charge < -0.3 is 4.98 Å². The van der Waals surface area contributed by atoms with E-state index < -0.39 is 0 Å². The summed E-state index contributed by atoms with van der Waals surface area (Å²) in [5.41, 5.74) is 8.10. The molecular formula is C30H27N7OS. The Balaban J connectivity index is 1.25. The van der Waals surface area contributed by atoms with Gasteiger partial charge in [-0.3, -0.25) is 19.8 Å². The number of fused-ring (bicyclic) bond motifs is 2. The second-order valence-electron chi connectivity index (χ2n) is 10.1. The summed E-state index contributed by atoms with van der Waals surface area (Å²) in [7, 11) is 0. The van der Waals surface area contributed by atoms with Crippen molar-refractivity contribution in [2.45, 2.75) is 32.7 Å². The Bertz CT molecular complexity index is 1830. The Labute approximate surface area is 229 Å². The fourth-order valence-electron chi connectivity index (χ4n) is 5.38. The zero-order chi connectivity index (χ0) is 26.3. The van der Waals surface area contributed by atoms with E-state index in [1.54, 1.807) is 13.1 Å².